The molecule has 1 unspecified atom stereocenters. The average molecular weight is 655 g/mol. The van der Waals surface area contributed by atoms with E-state index in [1.165, 1.54) is 20.8 Å². The molecule has 5 aromatic rings. The highest BCUT2D eigenvalue weighted by atomic mass is 35.5. The quantitative estimate of drug-likeness (QED) is 0.187. The summed E-state index contributed by atoms with van der Waals surface area (Å²) in [5.41, 5.74) is 2.32. The molecular formula is C33H31ClN8O5. The topological polar surface area (TPSA) is 155 Å². The van der Waals surface area contributed by atoms with E-state index in [9.17, 15) is 19.2 Å². The van der Waals surface area contributed by atoms with Crippen LogP contribution < -0.4 is 10.2 Å². The molecule has 1 aliphatic heterocycles. The molecule has 0 bridgehead atoms. The summed E-state index contributed by atoms with van der Waals surface area (Å²) in [5, 5.41) is 15.3. The molecule has 240 valence electrons. The predicted molar refractivity (Wildman–Crippen MR) is 174 cm³/mol. The van der Waals surface area contributed by atoms with Gasteiger partial charge in [0.15, 0.2) is 0 Å². The van der Waals surface area contributed by atoms with Gasteiger partial charge >= 0.3 is 17.8 Å². The maximum absolute atomic E-state index is 13.9. The summed E-state index contributed by atoms with van der Waals surface area (Å²) in [7, 11) is 0. The average Bonchev–Trinajstić information content (AvgIpc) is 3.72. The van der Waals surface area contributed by atoms with Gasteiger partial charge in [0, 0.05) is 41.1 Å². The van der Waals surface area contributed by atoms with Gasteiger partial charge in [0.25, 0.3) is 0 Å². The Labute approximate surface area is 274 Å². The zero-order chi connectivity index (χ0) is 33.3. The molecule has 13 nitrogen and oxygen atoms in total. The number of piperazine rings is 1. The summed E-state index contributed by atoms with van der Waals surface area (Å²) in [6.07, 6.45) is 1.55. The SMILES string of the molecule is CC(C)(C)OC(=O)c1cc2ccc(NC(=O)C(Cc3ccccc3)N3CCN(c4cc(Cl)ccc4-n4cnnn4)C(=O)C3=O)cc2[nH]1. The molecule has 6 rings (SSSR count). The van der Waals surface area contributed by atoms with Crippen LogP contribution in [0.5, 0.6) is 0 Å². The number of nitrogens with zero attached hydrogens (tertiary/aromatic N) is 6. The van der Waals surface area contributed by atoms with Crippen LogP contribution in [0.25, 0.3) is 16.6 Å². The molecule has 3 heterocycles. The first-order valence-corrected chi connectivity index (χ1v) is 15.2. The van der Waals surface area contributed by atoms with Gasteiger partial charge in [-0.1, -0.05) is 48.0 Å². The lowest BCUT2D eigenvalue weighted by molar-refractivity contribution is -0.149. The van der Waals surface area contributed by atoms with E-state index in [2.05, 4.69) is 25.8 Å². The minimum atomic E-state index is -1.01. The highest BCUT2D eigenvalue weighted by molar-refractivity contribution is 6.41. The lowest BCUT2D eigenvalue weighted by Gasteiger charge is -2.38. The molecule has 0 aliphatic carbocycles. The van der Waals surface area contributed by atoms with Crippen molar-refractivity contribution in [2.24, 2.45) is 0 Å². The molecular weight excluding hydrogens is 624 g/mol. The van der Waals surface area contributed by atoms with Crippen LogP contribution in [0.2, 0.25) is 5.02 Å². The van der Waals surface area contributed by atoms with E-state index in [-0.39, 0.29) is 25.2 Å². The van der Waals surface area contributed by atoms with E-state index >= 15 is 0 Å². The van der Waals surface area contributed by atoms with Gasteiger partial charge in [0.1, 0.15) is 23.7 Å². The summed E-state index contributed by atoms with van der Waals surface area (Å²) in [5.74, 6) is -2.62. The van der Waals surface area contributed by atoms with Crippen LogP contribution in [0.4, 0.5) is 11.4 Å². The number of carbonyl (C=O) groups excluding carboxylic acids is 4. The fourth-order valence-electron chi connectivity index (χ4n) is 5.41. The first kappa shape index (κ1) is 31.4. The molecule has 0 radical (unpaired) electrons. The summed E-state index contributed by atoms with van der Waals surface area (Å²) in [6.45, 7) is 5.54. The van der Waals surface area contributed by atoms with Crippen LogP contribution in [0.15, 0.2) is 79.1 Å². The molecule has 0 saturated carbocycles. The number of aromatic amines is 1. The van der Waals surface area contributed by atoms with E-state index in [1.54, 1.807) is 63.2 Å². The standard InChI is InChI=1S/C33H31ClN8O5/c1-33(2,3)47-32(46)25-16-21-9-11-23(18-24(21)37-25)36-29(43)28(15-20-7-5-4-6-8-20)41-14-13-40(30(44)31(41)45)27-17-22(34)10-12-26(27)42-19-35-38-39-42/h4-12,16-19,28,37H,13-15H2,1-3H3,(H,36,43). The summed E-state index contributed by atoms with van der Waals surface area (Å²) < 4.78 is 6.84. The van der Waals surface area contributed by atoms with Crippen molar-refractivity contribution >= 4 is 57.6 Å². The lowest BCUT2D eigenvalue weighted by Crippen LogP contribution is -2.60. The Morgan fingerprint density at radius 2 is 1.77 bits per heavy atom. The van der Waals surface area contributed by atoms with Crippen molar-refractivity contribution in [2.75, 3.05) is 23.3 Å². The van der Waals surface area contributed by atoms with Gasteiger partial charge in [-0.05, 0) is 73.2 Å². The lowest BCUT2D eigenvalue weighted by atomic mass is 10.0. The number of tetrazole rings is 1. The molecule has 1 fully saturated rings. The van der Waals surface area contributed by atoms with Crippen LogP contribution in [0.1, 0.15) is 36.8 Å². The van der Waals surface area contributed by atoms with Crippen molar-refractivity contribution in [3.63, 3.8) is 0 Å². The Morgan fingerprint density at radius 1 is 0.979 bits per heavy atom. The largest absolute Gasteiger partial charge is 0.455 e. The van der Waals surface area contributed by atoms with Crippen molar-refractivity contribution in [2.45, 2.75) is 38.8 Å². The number of esters is 1. The van der Waals surface area contributed by atoms with Crippen LogP contribution in [0, 0.1) is 0 Å². The van der Waals surface area contributed by atoms with Gasteiger partial charge in [0.2, 0.25) is 5.91 Å². The predicted octanol–water partition coefficient (Wildman–Crippen LogP) is 4.18. The van der Waals surface area contributed by atoms with Gasteiger partial charge in [-0.3, -0.25) is 14.4 Å². The Bertz CT molecular complexity index is 1970. The van der Waals surface area contributed by atoms with Gasteiger partial charge in [-0.15, -0.1) is 5.10 Å². The Kier molecular flexibility index (Phi) is 8.48. The second-order valence-corrected chi connectivity index (χ2v) is 12.5. The third-order valence-corrected chi connectivity index (χ3v) is 7.77. The van der Waals surface area contributed by atoms with Gasteiger partial charge in [-0.2, -0.15) is 4.68 Å². The maximum Gasteiger partial charge on any atom is 0.355 e. The highest BCUT2D eigenvalue weighted by Gasteiger charge is 2.40. The van der Waals surface area contributed by atoms with Crippen molar-refractivity contribution < 1.29 is 23.9 Å². The maximum atomic E-state index is 13.9. The fraction of sp³-hybridized carbons (Fsp3) is 0.242. The van der Waals surface area contributed by atoms with Crippen molar-refractivity contribution in [3.8, 4) is 5.69 Å². The van der Waals surface area contributed by atoms with Crippen molar-refractivity contribution in [1.82, 2.24) is 30.1 Å². The molecule has 1 aliphatic rings. The minimum absolute atomic E-state index is 0.0754. The number of anilines is 2. The van der Waals surface area contributed by atoms with Gasteiger partial charge < -0.3 is 24.8 Å². The molecule has 1 saturated heterocycles. The number of benzene rings is 3. The zero-order valence-corrected chi connectivity index (χ0v) is 26.6. The van der Waals surface area contributed by atoms with Crippen molar-refractivity contribution in [3.05, 3.63) is 95.4 Å². The van der Waals surface area contributed by atoms with Gasteiger partial charge in [-0.25, -0.2) is 4.79 Å². The molecule has 0 spiro atoms. The monoisotopic (exact) mass is 654 g/mol. The number of rotatable bonds is 8. The summed E-state index contributed by atoms with van der Waals surface area (Å²) >= 11 is 6.28. The molecule has 3 amide bonds. The number of aromatic nitrogens is 5. The molecule has 1 atom stereocenters. The number of amides is 3. The van der Waals surface area contributed by atoms with Crippen LogP contribution in [0.3, 0.4) is 0 Å². The number of ether oxygens (including phenoxy) is 1. The minimum Gasteiger partial charge on any atom is -0.455 e. The first-order valence-electron chi connectivity index (χ1n) is 14.8. The second-order valence-electron chi connectivity index (χ2n) is 12.0. The number of H-pyrrole nitrogens is 1. The Morgan fingerprint density at radius 3 is 2.49 bits per heavy atom. The first-order chi connectivity index (χ1) is 22.5. The van der Waals surface area contributed by atoms with E-state index in [0.29, 0.717) is 27.6 Å². The zero-order valence-electron chi connectivity index (χ0n) is 25.8. The molecule has 47 heavy (non-hydrogen) atoms. The van der Waals surface area contributed by atoms with E-state index in [1.807, 2.05) is 30.3 Å². The van der Waals surface area contributed by atoms with Crippen LogP contribution >= 0.6 is 11.6 Å². The molecule has 2 N–H and O–H groups in total. The number of fused-ring (bicyclic) bond motifs is 1. The number of hydrogen-bond donors (Lipinski definition) is 2. The Hall–Kier alpha value is -5.56. The van der Waals surface area contributed by atoms with E-state index in [0.717, 1.165) is 10.9 Å². The second kappa shape index (κ2) is 12.7. The van der Waals surface area contributed by atoms with Crippen LogP contribution in [-0.4, -0.2) is 78.5 Å². The third kappa shape index (κ3) is 6.84. The third-order valence-electron chi connectivity index (χ3n) is 7.54. The van der Waals surface area contributed by atoms with Gasteiger partial charge in [0.05, 0.1) is 11.4 Å². The fourth-order valence-corrected chi connectivity index (χ4v) is 5.58. The molecule has 3 aromatic carbocycles. The Balaban J connectivity index is 1.25. The smallest absolute Gasteiger partial charge is 0.355 e. The molecule has 14 heteroatoms. The van der Waals surface area contributed by atoms with Crippen LogP contribution in [-0.2, 0) is 25.5 Å². The molecule has 2 aromatic heterocycles. The number of halogens is 1. The van der Waals surface area contributed by atoms with E-state index < -0.39 is 35.3 Å². The number of carbonyl (C=O) groups is 4. The summed E-state index contributed by atoms with van der Waals surface area (Å²) in [4.78, 5) is 59.6. The number of nitrogens with one attached hydrogen (secondary N) is 2. The number of hydrogen-bond acceptors (Lipinski definition) is 8. The normalized spacial score (nSPS) is 14.4. The highest BCUT2D eigenvalue weighted by Crippen LogP contribution is 2.30. The summed E-state index contributed by atoms with van der Waals surface area (Å²) in [6, 6.07) is 20.0. The van der Waals surface area contributed by atoms with Crippen molar-refractivity contribution in [1.29, 1.82) is 0 Å². The van der Waals surface area contributed by atoms with E-state index in [4.69, 9.17) is 16.3 Å².